The number of rotatable bonds is 10. The largest absolute Gasteiger partial charge is 1.00 e. The molecule has 0 bridgehead atoms. The van der Waals surface area contributed by atoms with Crippen molar-refractivity contribution in [3.8, 4) is 11.3 Å². The summed E-state index contributed by atoms with van der Waals surface area (Å²) in [7, 11) is -2.94. The molecule has 0 unspecified atom stereocenters. The van der Waals surface area contributed by atoms with Crippen molar-refractivity contribution in [3.05, 3.63) is 47.4 Å². The van der Waals surface area contributed by atoms with E-state index in [1.807, 2.05) is 0 Å². The number of aromatic nitrogens is 2. The number of hydrogen-bond donors (Lipinski definition) is 2. The van der Waals surface area contributed by atoms with E-state index >= 15 is 0 Å². The third kappa shape index (κ3) is 8.40. The van der Waals surface area contributed by atoms with Gasteiger partial charge in [0.15, 0.2) is 0 Å². The van der Waals surface area contributed by atoms with E-state index < -0.39 is 78.1 Å². The van der Waals surface area contributed by atoms with E-state index in [-0.39, 0.29) is 46.4 Å². The number of nitrogens with zero attached hydrogens (tertiary/aromatic N) is 3. The number of hydrogen-bond acceptors (Lipinski definition) is 8. The van der Waals surface area contributed by atoms with Crippen molar-refractivity contribution in [2.24, 2.45) is 0 Å². The van der Waals surface area contributed by atoms with Crippen LogP contribution in [0.2, 0.25) is 0 Å². The Kier molecular flexibility index (Phi) is 8.00. The first-order valence-electron chi connectivity index (χ1n) is 12.6. The number of carboxylic acid groups (broad SMARTS) is 1. The minimum atomic E-state index is -4.01. The normalized spacial score (nSPS) is 16.9. The molecule has 0 fully saturated rings. The molecule has 0 spiro atoms. The van der Waals surface area contributed by atoms with Crippen LogP contribution in [0.5, 0.6) is 0 Å². The number of carboxylic acids is 1. The predicted octanol–water partition coefficient (Wildman–Crippen LogP) is -1.93. The number of benzene rings is 1. The van der Waals surface area contributed by atoms with Gasteiger partial charge in [0.05, 0.1) is 29.9 Å². The van der Waals surface area contributed by atoms with Gasteiger partial charge in [0.2, 0.25) is 16.0 Å². The van der Waals surface area contributed by atoms with Crippen molar-refractivity contribution < 1.29 is 70.7 Å². The number of carbonyl (C=O) groups excluding carboxylic acids is 1. The van der Waals surface area contributed by atoms with Gasteiger partial charge in [-0.25, -0.2) is 27.1 Å². The van der Waals surface area contributed by atoms with Crippen LogP contribution in [0.25, 0.3) is 17.3 Å². The molecule has 34 heavy (non-hydrogen) atoms. The van der Waals surface area contributed by atoms with Crippen molar-refractivity contribution in [2.45, 2.75) is 44.7 Å². The number of aliphatic carboxylic acids is 1. The average molecular weight is 510 g/mol. The molecule has 1 heterocycles. The van der Waals surface area contributed by atoms with Gasteiger partial charge in [0.25, 0.3) is 0 Å². The summed E-state index contributed by atoms with van der Waals surface area (Å²) in [6.07, 6.45) is -1.30. The summed E-state index contributed by atoms with van der Waals surface area (Å²) < 4.78 is 86.3. The summed E-state index contributed by atoms with van der Waals surface area (Å²) in [6, 6.07) is 4.56. The molecule has 2 rings (SSSR count). The summed E-state index contributed by atoms with van der Waals surface area (Å²) in [5, 5.41) is 30.8. The summed E-state index contributed by atoms with van der Waals surface area (Å²) in [6.45, 7) is -6.35. The van der Waals surface area contributed by atoms with E-state index in [2.05, 4.69) is 9.97 Å². The quantitative estimate of drug-likeness (QED) is 0.353. The Labute approximate surface area is 229 Å². The van der Waals surface area contributed by atoms with Gasteiger partial charge in [0, 0.05) is 45.2 Å². The van der Waals surface area contributed by atoms with Crippen LogP contribution in [-0.4, -0.2) is 60.1 Å². The Balaban J connectivity index is 0.00000800. The molecular formula is C22H27FN3NaO6S. The molecule has 2 atom stereocenters. The summed E-state index contributed by atoms with van der Waals surface area (Å²) in [4.78, 5) is 18.9. The van der Waals surface area contributed by atoms with Crippen LogP contribution in [0.4, 0.5) is 10.3 Å². The Morgan fingerprint density at radius 3 is 2.41 bits per heavy atom. The third-order valence-electron chi connectivity index (χ3n) is 4.53. The van der Waals surface area contributed by atoms with Crippen LogP contribution in [0.1, 0.15) is 51.9 Å². The topological polar surface area (TPSA) is 144 Å². The van der Waals surface area contributed by atoms with Crippen LogP contribution in [0, 0.1) is 5.82 Å². The zero-order chi connectivity index (χ0) is 29.9. The summed E-state index contributed by atoms with van der Waals surface area (Å²) in [5.74, 6) is -5.01. The van der Waals surface area contributed by atoms with Crippen molar-refractivity contribution >= 4 is 28.0 Å². The molecule has 0 amide bonds. The fraction of sp³-hybridized carbons (Fsp3) is 0.409. The van der Waals surface area contributed by atoms with Crippen molar-refractivity contribution in [1.82, 2.24) is 9.97 Å². The van der Waals surface area contributed by atoms with Crippen LogP contribution >= 0.6 is 0 Å². The fourth-order valence-electron chi connectivity index (χ4n) is 2.82. The maximum Gasteiger partial charge on any atom is 1.00 e. The standard InChI is InChI=1S/C22H28FN3O6S.Na/c1-13(2)20-18(10-9-16(27)11-17(28)12-19(29)30)21(14-5-7-15(23)8-6-14)25-22(24-20)26(3)33(4,31)32;/h5-10,13,16-17,27-28H,11-12H2,1-4H3,(H,29,30);/q;+1/p-1/b10-9+;/t16-,17-;/m0./s1/i1D3,2D3;. The van der Waals surface area contributed by atoms with Gasteiger partial charge >= 0.3 is 29.6 Å². The van der Waals surface area contributed by atoms with E-state index in [1.165, 1.54) is 12.1 Å². The monoisotopic (exact) mass is 509 g/mol. The molecule has 0 aliphatic rings. The second-order valence-corrected chi connectivity index (χ2v) is 9.25. The number of carbonyl (C=O) groups is 1. The van der Waals surface area contributed by atoms with Crippen LogP contribution in [0.15, 0.2) is 30.3 Å². The molecule has 0 saturated carbocycles. The molecule has 9 nitrogen and oxygen atoms in total. The average Bonchev–Trinajstić information content (AvgIpc) is 2.74. The maximum absolute atomic E-state index is 13.7. The van der Waals surface area contributed by atoms with Crippen molar-refractivity contribution in [2.75, 3.05) is 17.6 Å². The molecule has 2 N–H and O–H groups in total. The fourth-order valence-corrected chi connectivity index (χ4v) is 3.19. The van der Waals surface area contributed by atoms with Gasteiger partial charge in [-0.05, 0) is 30.2 Å². The first-order valence-corrected chi connectivity index (χ1v) is 11.4. The second kappa shape index (κ2) is 12.7. The molecule has 1 aromatic carbocycles. The third-order valence-corrected chi connectivity index (χ3v) is 5.69. The second-order valence-electron chi connectivity index (χ2n) is 7.23. The van der Waals surface area contributed by atoms with E-state index in [9.17, 15) is 32.9 Å². The zero-order valence-electron chi connectivity index (χ0n) is 24.8. The molecule has 1 aromatic heterocycles. The van der Waals surface area contributed by atoms with Gasteiger partial charge in [-0.2, -0.15) is 0 Å². The van der Waals surface area contributed by atoms with Crippen LogP contribution in [-0.2, 0) is 14.8 Å². The number of halogens is 1. The minimum absolute atomic E-state index is 0. The first kappa shape index (κ1) is 21.4. The molecular weight excluding hydrogens is 476 g/mol. The van der Waals surface area contributed by atoms with Gasteiger partial charge in [-0.15, -0.1) is 0 Å². The van der Waals surface area contributed by atoms with Gasteiger partial charge in [-0.3, -0.25) is 0 Å². The van der Waals surface area contributed by atoms with Crippen LogP contribution in [0.3, 0.4) is 0 Å². The first-order chi connectivity index (χ1) is 17.7. The molecule has 0 saturated heterocycles. The predicted molar refractivity (Wildman–Crippen MR) is 120 cm³/mol. The van der Waals surface area contributed by atoms with E-state index in [1.54, 1.807) is 0 Å². The summed E-state index contributed by atoms with van der Waals surface area (Å²) in [5.41, 5.74) is -0.890. The number of aliphatic hydroxyl groups excluding tert-OH is 2. The van der Waals surface area contributed by atoms with Crippen molar-refractivity contribution in [3.63, 3.8) is 0 Å². The molecule has 12 heteroatoms. The SMILES string of the molecule is [2H]C([2H])([2H])C(c1nc(N(C)S(C)(=O)=O)nc(-c2ccc(F)cc2)c1/C=C/[C@H](O)C[C@H](O)CC(=O)[O-])C([2H])([2H])[2H].[Na+]. The van der Waals surface area contributed by atoms with E-state index in [4.69, 9.17) is 8.22 Å². The minimum Gasteiger partial charge on any atom is -0.550 e. The molecule has 0 radical (unpaired) electrons. The molecule has 0 aliphatic heterocycles. The van der Waals surface area contributed by atoms with Crippen molar-refractivity contribution in [1.29, 1.82) is 0 Å². The van der Waals surface area contributed by atoms with E-state index in [0.29, 0.717) is 4.31 Å². The smallest absolute Gasteiger partial charge is 0.550 e. The van der Waals surface area contributed by atoms with Crippen LogP contribution < -0.4 is 39.0 Å². The number of aliphatic hydroxyl groups is 2. The molecule has 2 aromatic rings. The van der Waals surface area contributed by atoms with Gasteiger partial charge in [0.1, 0.15) is 5.82 Å². The Bertz CT molecular complexity index is 1310. The van der Waals surface area contributed by atoms with E-state index in [0.717, 1.165) is 37.6 Å². The molecule has 0 aliphatic carbocycles. The Hall–Kier alpha value is -1.89. The van der Waals surface area contributed by atoms with Gasteiger partial charge < -0.3 is 20.1 Å². The number of sulfonamides is 1. The number of anilines is 1. The Morgan fingerprint density at radius 2 is 1.88 bits per heavy atom. The molecule has 180 valence electrons. The zero-order valence-corrected chi connectivity index (χ0v) is 21.6. The Morgan fingerprint density at radius 1 is 1.26 bits per heavy atom. The maximum atomic E-state index is 13.7. The summed E-state index contributed by atoms with van der Waals surface area (Å²) >= 11 is 0. The van der Waals surface area contributed by atoms with Gasteiger partial charge in [-0.1, -0.05) is 25.9 Å².